The maximum absolute atomic E-state index is 9.68. The van der Waals surface area contributed by atoms with Crippen molar-refractivity contribution < 1.29 is 19.3 Å². The monoisotopic (exact) mass is 289 g/mol. The molecule has 0 aromatic carbocycles. The van der Waals surface area contributed by atoms with Crippen LogP contribution in [0.4, 0.5) is 0 Å². The van der Waals surface area contributed by atoms with Gasteiger partial charge in [-0.3, -0.25) is 0 Å². The van der Waals surface area contributed by atoms with E-state index < -0.39 is 6.10 Å². The normalized spacial score (nSPS) is 16.8. The molecule has 0 heterocycles. The number of rotatable bonds is 14. The van der Waals surface area contributed by atoms with E-state index in [0.717, 1.165) is 32.1 Å². The minimum Gasteiger partial charge on any atom is -0.389 e. The molecule has 0 radical (unpaired) electrons. The summed E-state index contributed by atoms with van der Waals surface area (Å²) in [6, 6.07) is 0. The van der Waals surface area contributed by atoms with Gasteiger partial charge in [0.2, 0.25) is 0 Å². The summed E-state index contributed by atoms with van der Waals surface area (Å²) in [5.41, 5.74) is 0. The average molecular weight is 289 g/mol. The first kappa shape index (κ1) is 17.9. The standard InChI is InChI=1S/C15H31NO4/c1-13(2)20-9-8-19-12-15(17)10-16-6-3-7-18-11-14-4-5-14/h13-17H,3-12H2,1-2H3. The molecule has 1 unspecified atom stereocenters. The van der Waals surface area contributed by atoms with Crippen LogP contribution in [-0.4, -0.2) is 63.4 Å². The van der Waals surface area contributed by atoms with Crippen LogP contribution in [0.25, 0.3) is 0 Å². The smallest absolute Gasteiger partial charge is 0.0897 e. The first-order chi connectivity index (χ1) is 9.68. The third kappa shape index (κ3) is 11.6. The second-order valence-corrected chi connectivity index (χ2v) is 5.72. The Labute approximate surface area is 123 Å². The topological polar surface area (TPSA) is 60.0 Å². The van der Waals surface area contributed by atoms with Crippen LogP contribution in [0.5, 0.6) is 0 Å². The van der Waals surface area contributed by atoms with Crippen molar-refractivity contribution in [1.29, 1.82) is 0 Å². The van der Waals surface area contributed by atoms with Gasteiger partial charge in [0, 0.05) is 19.8 Å². The van der Waals surface area contributed by atoms with Crippen molar-refractivity contribution in [2.24, 2.45) is 5.92 Å². The predicted octanol–water partition coefficient (Wildman–Crippen LogP) is 1.20. The molecule has 2 N–H and O–H groups in total. The molecule has 20 heavy (non-hydrogen) atoms. The number of hydrogen-bond donors (Lipinski definition) is 2. The van der Waals surface area contributed by atoms with Crippen LogP contribution in [-0.2, 0) is 14.2 Å². The predicted molar refractivity (Wildman–Crippen MR) is 78.9 cm³/mol. The largest absolute Gasteiger partial charge is 0.389 e. The molecular weight excluding hydrogens is 258 g/mol. The molecule has 0 bridgehead atoms. The lowest BCUT2D eigenvalue weighted by molar-refractivity contribution is -0.0100. The average Bonchev–Trinajstić information content (AvgIpc) is 3.21. The van der Waals surface area contributed by atoms with E-state index in [1.807, 2.05) is 13.8 Å². The van der Waals surface area contributed by atoms with Gasteiger partial charge in [0.25, 0.3) is 0 Å². The van der Waals surface area contributed by atoms with Crippen LogP contribution in [0.3, 0.4) is 0 Å². The zero-order chi connectivity index (χ0) is 14.6. The second-order valence-electron chi connectivity index (χ2n) is 5.72. The summed E-state index contributed by atoms with van der Waals surface area (Å²) in [6.07, 6.45) is 3.44. The van der Waals surface area contributed by atoms with Crippen LogP contribution in [0.15, 0.2) is 0 Å². The van der Waals surface area contributed by atoms with Crippen molar-refractivity contribution in [3.8, 4) is 0 Å². The molecule has 1 rings (SSSR count). The number of hydrogen-bond acceptors (Lipinski definition) is 5. The van der Waals surface area contributed by atoms with E-state index in [1.54, 1.807) is 0 Å². The Morgan fingerprint density at radius 1 is 1.15 bits per heavy atom. The maximum atomic E-state index is 9.68. The van der Waals surface area contributed by atoms with Gasteiger partial charge >= 0.3 is 0 Å². The molecule has 0 aliphatic heterocycles. The minimum atomic E-state index is -0.457. The van der Waals surface area contributed by atoms with Crippen molar-refractivity contribution in [1.82, 2.24) is 5.32 Å². The van der Waals surface area contributed by atoms with E-state index in [9.17, 15) is 5.11 Å². The van der Waals surface area contributed by atoms with E-state index in [-0.39, 0.29) is 6.10 Å². The fraction of sp³-hybridized carbons (Fsp3) is 1.00. The van der Waals surface area contributed by atoms with Crippen LogP contribution in [0, 0.1) is 5.92 Å². The van der Waals surface area contributed by atoms with Gasteiger partial charge in [-0.15, -0.1) is 0 Å². The van der Waals surface area contributed by atoms with Crippen molar-refractivity contribution >= 4 is 0 Å². The molecule has 1 fully saturated rings. The first-order valence-corrected chi connectivity index (χ1v) is 7.84. The third-order valence-electron chi connectivity index (χ3n) is 3.06. The zero-order valence-corrected chi connectivity index (χ0v) is 13.0. The van der Waals surface area contributed by atoms with Crippen LogP contribution < -0.4 is 5.32 Å². The van der Waals surface area contributed by atoms with Gasteiger partial charge < -0.3 is 24.6 Å². The van der Waals surface area contributed by atoms with Gasteiger partial charge in [0.05, 0.1) is 32.0 Å². The minimum absolute atomic E-state index is 0.229. The van der Waals surface area contributed by atoms with Crippen LogP contribution in [0.1, 0.15) is 33.1 Å². The summed E-state index contributed by atoms with van der Waals surface area (Å²) >= 11 is 0. The van der Waals surface area contributed by atoms with Gasteiger partial charge in [-0.2, -0.15) is 0 Å². The lowest BCUT2D eigenvalue weighted by atomic mass is 10.3. The number of aliphatic hydroxyl groups excluding tert-OH is 1. The summed E-state index contributed by atoms with van der Waals surface area (Å²) < 4.78 is 16.2. The molecule has 0 aromatic rings. The van der Waals surface area contributed by atoms with E-state index in [2.05, 4.69) is 5.32 Å². The van der Waals surface area contributed by atoms with Crippen LogP contribution >= 0.6 is 0 Å². The SMILES string of the molecule is CC(C)OCCOCC(O)CNCCCOCC1CC1. The molecule has 5 nitrogen and oxygen atoms in total. The molecule has 1 aliphatic rings. The summed E-state index contributed by atoms with van der Waals surface area (Å²) in [5, 5.41) is 12.9. The van der Waals surface area contributed by atoms with Crippen LogP contribution in [0.2, 0.25) is 0 Å². The van der Waals surface area contributed by atoms with E-state index >= 15 is 0 Å². The molecule has 1 atom stereocenters. The number of nitrogens with one attached hydrogen (secondary N) is 1. The molecule has 0 aromatic heterocycles. The van der Waals surface area contributed by atoms with E-state index in [0.29, 0.717) is 26.4 Å². The zero-order valence-electron chi connectivity index (χ0n) is 13.0. The Balaban J connectivity index is 1.74. The highest BCUT2D eigenvalue weighted by Crippen LogP contribution is 2.28. The molecule has 0 spiro atoms. The Hall–Kier alpha value is -0.200. The van der Waals surface area contributed by atoms with Gasteiger partial charge in [-0.05, 0) is 45.6 Å². The summed E-state index contributed by atoms with van der Waals surface area (Å²) in [6.45, 7) is 8.62. The molecule has 5 heteroatoms. The Morgan fingerprint density at radius 3 is 2.65 bits per heavy atom. The van der Waals surface area contributed by atoms with Gasteiger partial charge in [0.15, 0.2) is 0 Å². The van der Waals surface area contributed by atoms with E-state index in [1.165, 1.54) is 12.8 Å². The lowest BCUT2D eigenvalue weighted by Gasteiger charge is -2.13. The molecule has 0 saturated heterocycles. The third-order valence-corrected chi connectivity index (χ3v) is 3.06. The number of ether oxygens (including phenoxy) is 3. The van der Waals surface area contributed by atoms with Gasteiger partial charge in [-0.25, -0.2) is 0 Å². The summed E-state index contributed by atoms with van der Waals surface area (Å²) in [7, 11) is 0. The molecule has 1 aliphatic carbocycles. The van der Waals surface area contributed by atoms with Crippen molar-refractivity contribution in [2.45, 2.75) is 45.3 Å². The number of aliphatic hydroxyl groups is 1. The molecule has 120 valence electrons. The fourth-order valence-electron chi connectivity index (χ4n) is 1.72. The summed E-state index contributed by atoms with van der Waals surface area (Å²) in [5.74, 6) is 0.835. The lowest BCUT2D eigenvalue weighted by Crippen LogP contribution is -2.31. The van der Waals surface area contributed by atoms with Gasteiger partial charge in [0.1, 0.15) is 0 Å². The second kappa shape index (κ2) is 11.5. The van der Waals surface area contributed by atoms with E-state index in [4.69, 9.17) is 14.2 Å². The highest BCUT2D eigenvalue weighted by molar-refractivity contribution is 4.71. The Bertz CT molecular complexity index is 222. The van der Waals surface area contributed by atoms with Crippen molar-refractivity contribution in [3.63, 3.8) is 0 Å². The Morgan fingerprint density at radius 2 is 1.95 bits per heavy atom. The highest BCUT2D eigenvalue weighted by atomic mass is 16.5. The quantitative estimate of drug-likeness (QED) is 0.471. The molecular formula is C15H31NO4. The molecule has 1 saturated carbocycles. The first-order valence-electron chi connectivity index (χ1n) is 7.84. The summed E-state index contributed by atoms with van der Waals surface area (Å²) in [4.78, 5) is 0. The maximum Gasteiger partial charge on any atom is 0.0897 e. The van der Waals surface area contributed by atoms with Crippen molar-refractivity contribution in [3.05, 3.63) is 0 Å². The fourth-order valence-corrected chi connectivity index (χ4v) is 1.72. The van der Waals surface area contributed by atoms with Gasteiger partial charge in [-0.1, -0.05) is 0 Å². The Kier molecular flexibility index (Phi) is 10.2. The van der Waals surface area contributed by atoms with Crippen molar-refractivity contribution in [2.75, 3.05) is 46.1 Å². The highest BCUT2D eigenvalue weighted by Gasteiger charge is 2.20. The molecule has 0 amide bonds.